The lowest BCUT2D eigenvalue weighted by molar-refractivity contribution is 0.478. The average molecular weight is 210 g/mol. The highest BCUT2D eigenvalue weighted by atomic mass is 15.3. The van der Waals surface area contributed by atoms with E-state index in [4.69, 9.17) is 0 Å². The second kappa shape index (κ2) is 6.56. The van der Waals surface area contributed by atoms with Gasteiger partial charge in [-0.1, -0.05) is 27.2 Å². The molecule has 0 aromatic carbocycles. The van der Waals surface area contributed by atoms with Crippen molar-refractivity contribution in [2.24, 2.45) is 5.92 Å². The number of nitrogens with one attached hydrogen (secondary N) is 1. The van der Waals surface area contributed by atoms with Gasteiger partial charge < -0.3 is 5.32 Å². The van der Waals surface area contributed by atoms with Gasteiger partial charge in [0.25, 0.3) is 0 Å². The number of nitrogens with zero attached hydrogens (tertiary/aromatic N) is 3. The van der Waals surface area contributed by atoms with Crippen LogP contribution in [0.3, 0.4) is 0 Å². The minimum absolute atomic E-state index is 0.729. The standard InChI is InChI=1S/C11H22N4/c1-4-6-15-11(13-9-14-15)8-12-7-10(3)5-2/h9-10,12H,4-8H2,1-3H3. The molecule has 86 valence electrons. The molecular weight excluding hydrogens is 188 g/mol. The first kappa shape index (κ1) is 12.2. The van der Waals surface area contributed by atoms with Crippen LogP contribution in [0.2, 0.25) is 0 Å². The highest BCUT2D eigenvalue weighted by Gasteiger charge is 2.03. The molecule has 0 saturated heterocycles. The van der Waals surface area contributed by atoms with Crippen LogP contribution in [-0.2, 0) is 13.1 Å². The molecule has 1 N–H and O–H groups in total. The first-order valence-electron chi connectivity index (χ1n) is 5.85. The smallest absolute Gasteiger partial charge is 0.140 e. The Morgan fingerprint density at radius 2 is 2.27 bits per heavy atom. The van der Waals surface area contributed by atoms with E-state index in [1.54, 1.807) is 6.33 Å². The summed E-state index contributed by atoms with van der Waals surface area (Å²) in [5, 5.41) is 7.60. The van der Waals surface area contributed by atoms with Crippen molar-refractivity contribution in [3.63, 3.8) is 0 Å². The third-order valence-corrected chi connectivity index (χ3v) is 2.60. The molecule has 0 fully saturated rings. The van der Waals surface area contributed by atoms with Crippen molar-refractivity contribution >= 4 is 0 Å². The molecule has 0 saturated carbocycles. The zero-order valence-corrected chi connectivity index (χ0v) is 10.0. The number of aryl methyl sites for hydroxylation is 1. The minimum atomic E-state index is 0.729. The molecule has 0 radical (unpaired) electrons. The first-order valence-corrected chi connectivity index (χ1v) is 5.85. The van der Waals surface area contributed by atoms with E-state index in [2.05, 4.69) is 36.2 Å². The number of aromatic nitrogens is 3. The molecule has 1 unspecified atom stereocenters. The van der Waals surface area contributed by atoms with Crippen LogP contribution in [-0.4, -0.2) is 21.3 Å². The molecule has 1 aromatic rings. The monoisotopic (exact) mass is 210 g/mol. The molecule has 0 amide bonds. The van der Waals surface area contributed by atoms with E-state index in [-0.39, 0.29) is 0 Å². The normalized spacial score (nSPS) is 13.0. The van der Waals surface area contributed by atoms with Gasteiger partial charge in [-0.2, -0.15) is 5.10 Å². The fourth-order valence-corrected chi connectivity index (χ4v) is 1.40. The summed E-state index contributed by atoms with van der Waals surface area (Å²) in [7, 11) is 0. The van der Waals surface area contributed by atoms with Crippen LogP contribution < -0.4 is 5.32 Å². The van der Waals surface area contributed by atoms with Gasteiger partial charge in [-0.25, -0.2) is 9.67 Å². The van der Waals surface area contributed by atoms with Crippen LogP contribution in [0.4, 0.5) is 0 Å². The minimum Gasteiger partial charge on any atom is -0.310 e. The maximum Gasteiger partial charge on any atom is 0.140 e. The average Bonchev–Trinajstić information content (AvgIpc) is 2.66. The van der Waals surface area contributed by atoms with E-state index in [1.807, 2.05) is 4.68 Å². The topological polar surface area (TPSA) is 42.7 Å². The molecule has 4 heteroatoms. The summed E-state index contributed by atoms with van der Waals surface area (Å²) in [5.41, 5.74) is 0. The van der Waals surface area contributed by atoms with E-state index in [0.717, 1.165) is 37.8 Å². The molecule has 0 aliphatic rings. The fourth-order valence-electron chi connectivity index (χ4n) is 1.40. The first-order chi connectivity index (χ1) is 7.27. The third-order valence-electron chi connectivity index (χ3n) is 2.60. The number of rotatable bonds is 7. The Morgan fingerprint density at radius 3 is 2.93 bits per heavy atom. The Morgan fingerprint density at radius 1 is 1.47 bits per heavy atom. The quantitative estimate of drug-likeness (QED) is 0.746. The predicted molar refractivity (Wildman–Crippen MR) is 61.5 cm³/mol. The van der Waals surface area contributed by atoms with Crippen LogP contribution in [0.5, 0.6) is 0 Å². The molecular formula is C11H22N4. The fraction of sp³-hybridized carbons (Fsp3) is 0.818. The molecule has 15 heavy (non-hydrogen) atoms. The molecule has 4 nitrogen and oxygen atoms in total. The van der Waals surface area contributed by atoms with Crippen molar-refractivity contribution in [2.45, 2.75) is 46.7 Å². The van der Waals surface area contributed by atoms with Crippen LogP contribution in [0, 0.1) is 5.92 Å². The number of hydrogen-bond acceptors (Lipinski definition) is 3. The van der Waals surface area contributed by atoms with Gasteiger partial charge in [0.2, 0.25) is 0 Å². The SMILES string of the molecule is CCCn1ncnc1CNCC(C)CC. The molecule has 1 atom stereocenters. The van der Waals surface area contributed by atoms with Crippen molar-refractivity contribution in [2.75, 3.05) is 6.54 Å². The Labute approximate surface area is 92.1 Å². The highest BCUT2D eigenvalue weighted by molar-refractivity contribution is 4.83. The van der Waals surface area contributed by atoms with Crippen molar-refractivity contribution in [1.29, 1.82) is 0 Å². The van der Waals surface area contributed by atoms with E-state index in [9.17, 15) is 0 Å². The van der Waals surface area contributed by atoms with Gasteiger partial charge in [-0.3, -0.25) is 0 Å². The van der Waals surface area contributed by atoms with Gasteiger partial charge in [0.05, 0.1) is 6.54 Å². The summed E-state index contributed by atoms with van der Waals surface area (Å²) < 4.78 is 1.98. The second-order valence-corrected chi connectivity index (χ2v) is 4.04. The van der Waals surface area contributed by atoms with Crippen LogP contribution in [0.1, 0.15) is 39.4 Å². The van der Waals surface area contributed by atoms with Crippen molar-refractivity contribution in [3.05, 3.63) is 12.2 Å². The van der Waals surface area contributed by atoms with E-state index >= 15 is 0 Å². The Hall–Kier alpha value is -0.900. The summed E-state index contributed by atoms with van der Waals surface area (Å²) in [6.45, 7) is 9.45. The van der Waals surface area contributed by atoms with Crippen molar-refractivity contribution in [3.8, 4) is 0 Å². The van der Waals surface area contributed by atoms with Crippen molar-refractivity contribution in [1.82, 2.24) is 20.1 Å². The van der Waals surface area contributed by atoms with Crippen molar-refractivity contribution < 1.29 is 0 Å². The molecule has 0 bridgehead atoms. The Kier molecular flexibility index (Phi) is 5.32. The molecule has 1 aromatic heterocycles. The highest BCUT2D eigenvalue weighted by Crippen LogP contribution is 1.99. The summed E-state index contributed by atoms with van der Waals surface area (Å²) in [5.74, 6) is 1.77. The largest absolute Gasteiger partial charge is 0.310 e. The van der Waals surface area contributed by atoms with E-state index in [1.165, 1.54) is 6.42 Å². The summed E-state index contributed by atoms with van der Waals surface area (Å²) in [6, 6.07) is 0. The van der Waals surface area contributed by atoms with Gasteiger partial charge in [0, 0.05) is 6.54 Å². The lowest BCUT2D eigenvalue weighted by atomic mass is 10.1. The van der Waals surface area contributed by atoms with Gasteiger partial charge in [-0.05, 0) is 18.9 Å². The van der Waals surface area contributed by atoms with Gasteiger partial charge in [0.15, 0.2) is 0 Å². The molecule has 0 aliphatic heterocycles. The summed E-state index contributed by atoms with van der Waals surface area (Å²) in [6.07, 6.45) is 3.95. The zero-order valence-electron chi connectivity index (χ0n) is 10.0. The lowest BCUT2D eigenvalue weighted by Crippen LogP contribution is -2.22. The van der Waals surface area contributed by atoms with Gasteiger partial charge in [-0.15, -0.1) is 0 Å². The molecule has 0 spiro atoms. The van der Waals surface area contributed by atoms with E-state index in [0.29, 0.717) is 0 Å². The van der Waals surface area contributed by atoms with Gasteiger partial charge >= 0.3 is 0 Å². The Balaban J connectivity index is 2.33. The summed E-state index contributed by atoms with van der Waals surface area (Å²) in [4.78, 5) is 4.25. The molecule has 1 heterocycles. The third kappa shape index (κ3) is 4.00. The van der Waals surface area contributed by atoms with Gasteiger partial charge in [0.1, 0.15) is 12.2 Å². The zero-order chi connectivity index (χ0) is 11.1. The Bertz CT molecular complexity index is 269. The molecule has 0 aliphatic carbocycles. The number of hydrogen-bond donors (Lipinski definition) is 1. The lowest BCUT2D eigenvalue weighted by Gasteiger charge is -2.10. The van der Waals surface area contributed by atoms with Crippen LogP contribution >= 0.6 is 0 Å². The maximum atomic E-state index is 4.25. The van der Waals surface area contributed by atoms with Crippen LogP contribution in [0.25, 0.3) is 0 Å². The predicted octanol–water partition coefficient (Wildman–Crippen LogP) is 1.82. The summed E-state index contributed by atoms with van der Waals surface area (Å²) >= 11 is 0. The molecule has 1 rings (SSSR count). The van der Waals surface area contributed by atoms with Crippen LogP contribution in [0.15, 0.2) is 6.33 Å². The maximum absolute atomic E-state index is 4.25. The second-order valence-electron chi connectivity index (χ2n) is 4.04. The van der Waals surface area contributed by atoms with E-state index < -0.39 is 0 Å².